The van der Waals surface area contributed by atoms with E-state index in [1.807, 2.05) is 81.4 Å². The van der Waals surface area contributed by atoms with Crippen molar-refractivity contribution in [2.45, 2.75) is 33.7 Å². The minimum Gasteiger partial charge on any atom is -0.507 e. The number of benzene rings is 3. The number of ether oxygens (including phenoxy) is 1. The largest absolute Gasteiger partial charge is 0.507 e. The molecule has 1 saturated heterocycles. The van der Waals surface area contributed by atoms with Crippen molar-refractivity contribution in [2.24, 2.45) is 0 Å². The smallest absolute Gasteiger partial charge is 0.300 e. The van der Waals surface area contributed by atoms with Crippen LogP contribution in [0.4, 0.5) is 17.1 Å². The Morgan fingerprint density at radius 3 is 2.05 bits per heavy atom. The van der Waals surface area contributed by atoms with Gasteiger partial charge in [-0.05, 0) is 93.4 Å². The number of amides is 1. The number of aryl methyl sites for hydroxylation is 1. The summed E-state index contributed by atoms with van der Waals surface area (Å²) in [6.07, 6.45) is 0. The molecule has 1 N–H and O–H groups in total. The molecule has 0 spiro atoms. The SMILES string of the molecule is CCOc1ccc(/C(O)=C2/C(=O)C(=O)N(c3ccc(N(CC)CC)cc3)C2c2ccc(N(C)C)cc2)cc1C. The molecule has 1 atom stereocenters. The molecular weight excluding hydrogens is 490 g/mol. The van der Waals surface area contributed by atoms with Gasteiger partial charge in [0.1, 0.15) is 11.5 Å². The molecule has 0 saturated carbocycles. The maximum Gasteiger partial charge on any atom is 0.300 e. The van der Waals surface area contributed by atoms with Gasteiger partial charge >= 0.3 is 0 Å². The lowest BCUT2D eigenvalue weighted by atomic mass is 9.94. The Morgan fingerprint density at radius 2 is 1.51 bits per heavy atom. The van der Waals surface area contributed by atoms with Gasteiger partial charge in [0.05, 0.1) is 18.2 Å². The highest BCUT2D eigenvalue weighted by Gasteiger charge is 2.47. The van der Waals surface area contributed by atoms with Crippen LogP contribution >= 0.6 is 0 Å². The zero-order chi connectivity index (χ0) is 28.3. The zero-order valence-electron chi connectivity index (χ0n) is 23.6. The Balaban J connectivity index is 1.86. The summed E-state index contributed by atoms with van der Waals surface area (Å²) in [7, 11) is 3.90. The standard InChI is InChI=1S/C32H37N3O4/c1-7-34(8-2)25-15-17-26(18-16-25)35-29(22-10-13-24(14-11-22)33(5)6)28(31(37)32(35)38)30(36)23-12-19-27(39-9-3)21(4)20-23/h10-20,29,36H,7-9H2,1-6H3/b30-28-. The van der Waals surface area contributed by atoms with Crippen LogP contribution in [0, 0.1) is 6.92 Å². The Morgan fingerprint density at radius 1 is 0.897 bits per heavy atom. The number of aliphatic hydroxyl groups is 1. The van der Waals surface area contributed by atoms with E-state index in [4.69, 9.17) is 4.74 Å². The van der Waals surface area contributed by atoms with Crippen molar-refractivity contribution >= 4 is 34.5 Å². The minimum absolute atomic E-state index is 0.0639. The third kappa shape index (κ3) is 5.35. The number of ketones is 1. The molecule has 1 fully saturated rings. The van der Waals surface area contributed by atoms with Crippen LogP contribution < -0.4 is 19.4 Å². The fourth-order valence-corrected chi connectivity index (χ4v) is 5.05. The van der Waals surface area contributed by atoms with Crippen molar-refractivity contribution in [1.82, 2.24) is 0 Å². The van der Waals surface area contributed by atoms with E-state index < -0.39 is 17.7 Å². The quantitative estimate of drug-likeness (QED) is 0.211. The molecular formula is C32H37N3O4. The first-order valence-electron chi connectivity index (χ1n) is 13.4. The number of rotatable bonds is 9. The molecule has 7 nitrogen and oxygen atoms in total. The monoisotopic (exact) mass is 527 g/mol. The van der Waals surface area contributed by atoms with E-state index in [-0.39, 0.29) is 11.3 Å². The third-order valence-electron chi connectivity index (χ3n) is 7.17. The van der Waals surface area contributed by atoms with Gasteiger partial charge in [-0.1, -0.05) is 12.1 Å². The average molecular weight is 528 g/mol. The Bertz CT molecular complexity index is 1370. The zero-order valence-corrected chi connectivity index (χ0v) is 23.6. The van der Waals surface area contributed by atoms with Crippen molar-refractivity contribution < 1.29 is 19.4 Å². The number of hydrogen-bond acceptors (Lipinski definition) is 6. The molecule has 1 aliphatic heterocycles. The molecule has 0 aliphatic carbocycles. The second kappa shape index (κ2) is 11.6. The van der Waals surface area contributed by atoms with Gasteiger partial charge in [0.25, 0.3) is 11.7 Å². The molecule has 0 bridgehead atoms. The highest BCUT2D eigenvalue weighted by molar-refractivity contribution is 6.51. The summed E-state index contributed by atoms with van der Waals surface area (Å²) >= 11 is 0. The predicted octanol–water partition coefficient (Wildman–Crippen LogP) is 5.93. The Kier molecular flexibility index (Phi) is 8.29. The molecule has 204 valence electrons. The molecule has 1 aliphatic rings. The molecule has 7 heteroatoms. The molecule has 1 unspecified atom stereocenters. The fraction of sp³-hybridized carbons (Fsp3) is 0.312. The topological polar surface area (TPSA) is 73.3 Å². The van der Waals surface area contributed by atoms with E-state index in [0.717, 1.165) is 35.6 Å². The lowest BCUT2D eigenvalue weighted by Gasteiger charge is -2.27. The molecule has 39 heavy (non-hydrogen) atoms. The van der Waals surface area contributed by atoms with Gasteiger partial charge in [0, 0.05) is 49.8 Å². The lowest BCUT2D eigenvalue weighted by Crippen LogP contribution is -2.29. The average Bonchev–Trinajstić information content (AvgIpc) is 3.20. The van der Waals surface area contributed by atoms with Gasteiger partial charge in [0.2, 0.25) is 0 Å². The van der Waals surface area contributed by atoms with Crippen molar-refractivity contribution in [2.75, 3.05) is 48.5 Å². The lowest BCUT2D eigenvalue weighted by molar-refractivity contribution is -0.132. The van der Waals surface area contributed by atoms with E-state index in [9.17, 15) is 14.7 Å². The summed E-state index contributed by atoms with van der Waals surface area (Å²) in [4.78, 5) is 32.8. The highest BCUT2D eigenvalue weighted by atomic mass is 16.5. The van der Waals surface area contributed by atoms with Crippen LogP contribution in [0.2, 0.25) is 0 Å². The molecule has 4 rings (SSSR count). The first-order chi connectivity index (χ1) is 18.7. The molecule has 1 amide bonds. The fourth-order valence-electron chi connectivity index (χ4n) is 5.05. The van der Waals surface area contributed by atoms with E-state index >= 15 is 0 Å². The predicted molar refractivity (Wildman–Crippen MR) is 158 cm³/mol. The van der Waals surface area contributed by atoms with Crippen molar-refractivity contribution in [1.29, 1.82) is 0 Å². The van der Waals surface area contributed by atoms with Crippen LogP contribution in [0.3, 0.4) is 0 Å². The van der Waals surface area contributed by atoms with Gasteiger partial charge in [-0.2, -0.15) is 0 Å². The van der Waals surface area contributed by atoms with E-state index in [1.165, 1.54) is 4.90 Å². The van der Waals surface area contributed by atoms with Gasteiger partial charge in [-0.3, -0.25) is 14.5 Å². The second-order valence-corrected chi connectivity index (χ2v) is 9.76. The van der Waals surface area contributed by atoms with Crippen LogP contribution in [-0.2, 0) is 9.59 Å². The van der Waals surface area contributed by atoms with E-state index in [0.29, 0.717) is 23.6 Å². The normalized spacial score (nSPS) is 16.5. The third-order valence-corrected chi connectivity index (χ3v) is 7.17. The molecule has 1 heterocycles. The Labute approximate surface area is 230 Å². The number of aliphatic hydroxyl groups excluding tert-OH is 1. The van der Waals surface area contributed by atoms with E-state index in [2.05, 4.69) is 18.7 Å². The number of carbonyl (C=O) groups excluding carboxylic acids is 2. The number of hydrogen-bond donors (Lipinski definition) is 1. The number of carbonyl (C=O) groups is 2. The van der Waals surface area contributed by atoms with Crippen LogP contribution in [0.15, 0.2) is 72.3 Å². The van der Waals surface area contributed by atoms with Crippen LogP contribution in [0.1, 0.15) is 43.5 Å². The second-order valence-electron chi connectivity index (χ2n) is 9.76. The van der Waals surface area contributed by atoms with Crippen LogP contribution in [0.5, 0.6) is 5.75 Å². The highest BCUT2D eigenvalue weighted by Crippen LogP contribution is 2.43. The van der Waals surface area contributed by atoms with E-state index in [1.54, 1.807) is 18.2 Å². The van der Waals surface area contributed by atoms with Gasteiger partial charge in [-0.25, -0.2) is 0 Å². The van der Waals surface area contributed by atoms with Gasteiger partial charge < -0.3 is 19.6 Å². The van der Waals surface area contributed by atoms with Crippen LogP contribution in [0.25, 0.3) is 5.76 Å². The molecule has 3 aromatic carbocycles. The summed E-state index contributed by atoms with van der Waals surface area (Å²) in [5.74, 6) is -0.882. The minimum atomic E-state index is -0.785. The summed E-state index contributed by atoms with van der Waals surface area (Å²) in [5, 5.41) is 11.5. The number of Topliss-reactive ketones (excluding diaryl/α,β-unsaturated/α-hetero) is 1. The summed E-state index contributed by atoms with van der Waals surface area (Å²) in [5.41, 5.74) is 4.70. The van der Waals surface area contributed by atoms with Gasteiger partial charge in [-0.15, -0.1) is 0 Å². The Hall–Kier alpha value is -4.26. The number of anilines is 3. The van der Waals surface area contributed by atoms with Crippen molar-refractivity contribution in [3.05, 3.63) is 89.0 Å². The molecule has 3 aromatic rings. The van der Waals surface area contributed by atoms with Crippen molar-refractivity contribution in [3.63, 3.8) is 0 Å². The maximum absolute atomic E-state index is 13.5. The summed E-state index contributed by atoms with van der Waals surface area (Å²) in [6.45, 7) is 10.2. The number of nitrogens with zero attached hydrogens (tertiary/aromatic N) is 3. The maximum atomic E-state index is 13.5. The molecule has 0 aromatic heterocycles. The van der Waals surface area contributed by atoms with Crippen molar-refractivity contribution in [3.8, 4) is 5.75 Å². The van der Waals surface area contributed by atoms with Gasteiger partial charge in [0.15, 0.2) is 0 Å². The summed E-state index contributed by atoms with van der Waals surface area (Å²) in [6, 6.07) is 19.8. The molecule has 0 radical (unpaired) electrons. The first kappa shape index (κ1) is 27.8. The van der Waals surface area contributed by atoms with Crippen LogP contribution in [-0.4, -0.2) is 50.6 Å². The first-order valence-corrected chi connectivity index (χ1v) is 13.4. The summed E-state index contributed by atoms with van der Waals surface area (Å²) < 4.78 is 5.64.